The Balaban J connectivity index is 1.61. The maximum atomic E-state index is 14.2. The first-order valence-corrected chi connectivity index (χ1v) is 8.02. The average Bonchev–Trinajstić information content (AvgIpc) is 3.11. The van der Waals surface area contributed by atoms with E-state index >= 15 is 0 Å². The fourth-order valence-electron chi connectivity index (χ4n) is 3.56. The van der Waals surface area contributed by atoms with E-state index in [1.54, 1.807) is 6.07 Å². The summed E-state index contributed by atoms with van der Waals surface area (Å²) < 4.78 is 14.2. The van der Waals surface area contributed by atoms with Gasteiger partial charge >= 0.3 is 0 Å². The van der Waals surface area contributed by atoms with Crippen LogP contribution in [0.5, 0.6) is 0 Å². The lowest BCUT2D eigenvalue weighted by Crippen LogP contribution is -2.29. The zero-order chi connectivity index (χ0) is 13.9. The number of rotatable bonds is 4. The van der Waals surface area contributed by atoms with E-state index in [4.69, 9.17) is 0 Å². The second-order valence-corrected chi connectivity index (χ2v) is 6.25. The summed E-state index contributed by atoms with van der Waals surface area (Å²) >= 11 is 0. The summed E-state index contributed by atoms with van der Waals surface area (Å²) in [5.41, 5.74) is 1.88. The maximum Gasteiger partial charge on any atom is 0.146 e. The van der Waals surface area contributed by atoms with Gasteiger partial charge in [0.15, 0.2) is 0 Å². The molecule has 0 N–H and O–H groups in total. The fraction of sp³-hybridized carbons (Fsp3) is 0.647. The average molecular weight is 276 g/mol. The molecule has 20 heavy (non-hydrogen) atoms. The molecule has 0 aliphatic carbocycles. The highest BCUT2D eigenvalue weighted by Gasteiger charge is 2.26. The van der Waals surface area contributed by atoms with Gasteiger partial charge < -0.3 is 9.80 Å². The third kappa shape index (κ3) is 2.98. The molecule has 1 aromatic carbocycles. The Morgan fingerprint density at radius 1 is 1.20 bits per heavy atom. The second-order valence-electron chi connectivity index (χ2n) is 6.25. The summed E-state index contributed by atoms with van der Waals surface area (Å²) in [6, 6.07) is 5.72. The Morgan fingerprint density at radius 2 is 2.00 bits per heavy atom. The molecule has 0 spiro atoms. The summed E-state index contributed by atoms with van der Waals surface area (Å²) in [5.74, 6) is 0.657. The molecule has 2 aliphatic heterocycles. The van der Waals surface area contributed by atoms with Crippen LogP contribution in [0, 0.1) is 11.7 Å². The van der Waals surface area contributed by atoms with Crippen LogP contribution in [0.4, 0.5) is 10.1 Å². The third-order valence-electron chi connectivity index (χ3n) is 4.76. The molecule has 2 fully saturated rings. The molecule has 0 bridgehead atoms. The van der Waals surface area contributed by atoms with E-state index in [1.165, 1.54) is 38.9 Å². The number of anilines is 1. The van der Waals surface area contributed by atoms with Gasteiger partial charge in [0, 0.05) is 19.6 Å². The van der Waals surface area contributed by atoms with Crippen molar-refractivity contribution in [2.75, 3.05) is 37.6 Å². The molecule has 110 valence electrons. The van der Waals surface area contributed by atoms with Gasteiger partial charge in [-0.15, -0.1) is 0 Å². The molecular weight excluding hydrogens is 251 g/mol. The molecule has 0 radical (unpaired) electrons. The topological polar surface area (TPSA) is 6.48 Å². The van der Waals surface area contributed by atoms with Crippen molar-refractivity contribution in [3.63, 3.8) is 0 Å². The number of halogens is 1. The van der Waals surface area contributed by atoms with Crippen molar-refractivity contribution in [1.82, 2.24) is 4.90 Å². The van der Waals surface area contributed by atoms with E-state index in [0.717, 1.165) is 30.8 Å². The highest BCUT2D eigenvalue weighted by Crippen LogP contribution is 2.28. The Hall–Kier alpha value is -1.09. The van der Waals surface area contributed by atoms with Crippen LogP contribution in [0.1, 0.15) is 31.7 Å². The molecule has 2 nitrogen and oxygen atoms in total. The molecular formula is C17H25FN2. The number of aryl methyl sites for hydroxylation is 1. The van der Waals surface area contributed by atoms with Crippen LogP contribution in [0.25, 0.3) is 0 Å². The predicted octanol–water partition coefficient (Wildman–Crippen LogP) is 3.31. The first kappa shape index (κ1) is 13.9. The Morgan fingerprint density at radius 3 is 2.70 bits per heavy atom. The van der Waals surface area contributed by atoms with Crippen molar-refractivity contribution in [3.8, 4) is 0 Å². The zero-order valence-corrected chi connectivity index (χ0v) is 12.4. The van der Waals surface area contributed by atoms with Crippen LogP contribution < -0.4 is 4.90 Å². The number of hydrogen-bond donors (Lipinski definition) is 0. The van der Waals surface area contributed by atoms with Crippen molar-refractivity contribution >= 4 is 5.69 Å². The number of likely N-dealkylation sites (tertiary alicyclic amines) is 1. The second kappa shape index (κ2) is 6.13. The molecule has 0 saturated carbocycles. The van der Waals surface area contributed by atoms with Gasteiger partial charge in [0.2, 0.25) is 0 Å². The molecule has 1 atom stereocenters. The molecule has 0 aromatic heterocycles. The van der Waals surface area contributed by atoms with E-state index in [9.17, 15) is 4.39 Å². The van der Waals surface area contributed by atoms with Gasteiger partial charge in [-0.1, -0.05) is 13.0 Å². The monoisotopic (exact) mass is 276 g/mol. The first-order valence-electron chi connectivity index (χ1n) is 8.02. The standard InChI is InChI=1S/C17H25FN2/c1-2-14-5-6-17(16(18)11-14)20-10-7-15(13-20)12-19-8-3-4-9-19/h5-6,11,15H,2-4,7-10,12-13H2,1H3/t15-/m0/s1. The van der Waals surface area contributed by atoms with E-state index < -0.39 is 0 Å². The minimum Gasteiger partial charge on any atom is -0.369 e. The predicted molar refractivity (Wildman–Crippen MR) is 81.8 cm³/mol. The first-order chi connectivity index (χ1) is 9.76. The Bertz CT molecular complexity index is 454. The fourth-order valence-corrected chi connectivity index (χ4v) is 3.56. The van der Waals surface area contributed by atoms with Crippen LogP contribution in [0.2, 0.25) is 0 Å². The Kier molecular flexibility index (Phi) is 4.25. The summed E-state index contributed by atoms with van der Waals surface area (Å²) in [7, 11) is 0. The zero-order valence-electron chi connectivity index (χ0n) is 12.4. The molecule has 2 aliphatic rings. The minimum absolute atomic E-state index is 0.0498. The number of benzene rings is 1. The summed E-state index contributed by atoms with van der Waals surface area (Å²) in [4.78, 5) is 4.81. The summed E-state index contributed by atoms with van der Waals surface area (Å²) in [6.45, 7) is 7.80. The lowest BCUT2D eigenvalue weighted by Gasteiger charge is -2.22. The van der Waals surface area contributed by atoms with E-state index in [0.29, 0.717) is 5.92 Å². The van der Waals surface area contributed by atoms with Gasteiger partial charge in [-0.05, 0) is 62.4 Å². The van der Waals surface area contributed by atoms with E-state index in [-0.39, 0.29) is 5.82 Å². The van der Waals surface area contributed by atoms with Gasteiger partial charge in [-0.25, -0.2) is 4.39 Å². The van der Waals surface area contributed by atoms with Crippen molar-refractivity contribution < 1.29 is 4.39 Å². The normalized spacial score (nSPS) is 23.7. The van der Waals surface area contributed by atoms with Crippen molar-refractivity contribution in [3.05, 3.63) is 29.6 Å². The third-order valence-corrected chi connectivity index (χ3v) is 4.76. The van der Waals surface area contributed by atoms with E-state index in [2.05, 4.69) is 22.8 Å². The molecule has 2 heterocycles. The Labute approximate surface area is 121 Å². The van der Waals surface area contributed by atoms with Crippen LogP contribution in [0.15, 0.2) is 18.2 Å². The molecule has 3 heteroatoms. The summed E-state index contributed by atoms with van der Waals surface area (Å²) in [6.07, 6.45) is 4.80. The van der Waals surface area contributed by atoms with Crippen molar-refractivity contribution in [2.24, 2.45) is 5.92 Å². The number of nitrogens with zero attached hydrogens (tertiary/aromatic N) is 2. The van der Waals surface area contributed by atoms with Crippen molar-refractivity contribution in [2.45, 2.75) is 32.6 Å². The number of hydrogen-bond acceptors (Lipinski definition) is 2. The highest BCUT2D eigenvalue weighted by atomic mass is 19.1. The molecule has 3 rings (SSSR count). The molecule has 1 aromatic rings. The lowest BCUT2D eigenvalue weighted by atomic mass is 10.1. The summed E-state index contributed by atoms with van der Waals surface area (Å²) in [5, 5.41) is 0. The molecule has 0 unspecified atom stereocenters. The lowest BCUT2D eigenvalue weighted by molar-refractivity contribution is 0.289. The van der Waals surface area contributed by atoms with Gasteiger partial charge in [-0.3, -0.25) is 0 Å². The highest BCUT2D eigenvalue weighted by molar-refractivity contribution is 5.50. The molecule has 0 amide bonds. The van der Waals surface area contributed by atoms with Crippen LogP contribution in [-0.4, -0.2) is 37.6 Å². The SMILES string of the molecule is CCc1ccc(N2CC[C@@H](CN3CCCC3)C2)c(F)c1. The van der Waals surface area contributed by atoms with Crippen molar-refractivity contribution in [1.29, 1.82) is 0 Å². The van der Waals surface area contributed by atoms with Crippen LogP contribution >= 0.6 is 0 Å². The van der Waals surface area contributed by atoms with E-state index in [1.807, 2.05) is 6.07 Å². The van der Waals surface area contributed by atoms with Crippen LogP contribution in [0.3, 0.4) is 0 Å². The molecule has 2 saturated heterocycles. The van der Waals surface area contributed by atoms with Crippen LogP contribution in [-0.2, 0) is 6.42 Å². The maximum absolute atomic E-state index is 14.2. The van der Waals surface area contributed by atoms with Gasteiger partial charge in [0.05, 0.1) is 5.69 Å². The van der Waals surface area contributed by atoms with Gasteiger partial charge in [0.25, 0.3) is 0 Å². The quantitative estimate of drug-likeness (QED) is 0.832. The van der Waals surface area contributed by atoms with Gasteiger partial charge in [-0.2, -0.15) is 0 Å². The largest absolute Gasteiger partial charge is 0.369 e. The van der Waals surface area contributed by atoms with Gasteiger partial charge in [0.1, 0.15) is 5.82 Å². The smallest absolute Gasteiger partial charge is 0.146 e. The minimum atomic E-state index is -0.0498.